The molecular weight excluding hydrogens is 396 g/mol. The van der Waals surface area contributed by atoms with Crippen LogP contribution in [0.15, 0.2) is 72.8 Å². The molecule has 0 spiro atoms. The van der Waals surface area contributed by atoms with Gasteiger partial charge >= 0.3 is 0 Å². The van der Waals surface area contributed by atoms with E-state index in [1.54, 1.807) is 4.90 Å². The van der Waals surface area contributed by atoms with Gasteiger partial charge < -0.3 is 10.2 Å². The maximum atomic E-state index is 13.3. The van der Waals surface area contributed by atoms with Crippen molar-refractivity contribution in [3.8, 4) is 0 Å². The van der Waals surface area contributed by atoms with Crippen LogP contribution in [-0.2, 0) is 22.4 Å². The summed E-state index contributed by atoms with van der Waals surface area (Å²) in [6.45, 7) is 7.09. The van der Waals surface area contributed by atoms with Gasteiger partial charge in [-0.05, 0) is 47.6 Å². The van der Waals surface area contributed by atoms with Crippen molar-refractivity contribution in [1.82, 2.24) is 10.2 Å². The molecule has 0 aliphatic carbocycles. The van der Waals surface area contributed by atoms with E-state index in [-0.39, 0.29) is 11.8 Å². The average Bonchev–Trinajstić information content (AvgIpc) is 2.81. The van der Waals surface area contributed by atoms with Crippen LogP contribution in [0.25, 0.3) is 10.8 Å². The number of amides is 2. The normalized spacial score (nSPS) is 12.0. The molecule has 4 heteroatoms. The second-order valence-electron chi connectivity index (χ2n) is 8.78. The second kappa shape index (κ2) is 11.5. The average molecular weight is 431 g/mol. The van der Waals surface area contributed by atoms with Crippen molar-refractivity contribution in [2.75, 3.05) is 13.1 Å². The number of aryl methyl sites for hydroxylation is 1. The van der Waals surface area contributed by atoms with Gasteiger partial charge in [0.1, 0.15) is 6.04 Å². The molecule has 0 aliphatic rings. The topological polar surface area (TPSA) is 49.4 Å². The predicted octanol–water partition coefficient (Wildman–Crippen LogP) is 5.00. The standard InChI is InChI=1S/C28H34N2O2/c1-21(2)20-29-28(32)22(3)30(19-18-23-10-5-4-6-11-23)27(31)17-16-25-14-9-13-24-12-7-8-15-26(24)25/h4-15,21-22H,16-20H2,1-3H3,(H,29,32)/t22-/m1/s1. The summed E-state index contributed by atoms with van der Waals surface area (Å²) in [6.07, 6.45) is 1.76. The third-order valence-corrected chi connectivity index (χ3v) is 5.82. The van der Waals surface area contributed by atoms with Crippen molar-refractivity contribution in [2.45, 2.75) is 46.1 Å². The molecule has 1 N–H and O–H groups in total. The van der Waals surface area contributed by atoms with Crippen molar-refractivity contribution in [2.24, 2.45) is 5.92 Å². The number of hydrogen-bond donors (Lipinski definition) is 1. The van der Waals surface area contributed by atoms with Crippen LogP contribution in [-0.4, -0.2) is 35.8 Å². The molecule has 0 heterocycles. The number of carbonyl (C=O) groups excluding carboxylic acids is 2. The smallest absolute Gasteiger partial charge is 0.242 e. The first-order valence-corrected chi connectivity index (χ1v) is 11.5. The fourth-order valence-corrected chi connectivity index (χ4v) is 3.92. The zero-order valence-corrected chi connectivity index (χ0v) is 19.4. The third kappa shape index (κ3) is 6.43. The van der Waals surface area contributed by atoms with Gasteiger partial charge in [0.05, 0.1) is 0 Å². The molecule has 0 aromatic heterocycles. The Bertz CT molecular complexity index is 1020. The van der Waals surface area contributed by atoms with Crippen molar-refractivity contribution in [3.63, 3.8) is 0 Å². The van der Waals surface area contributed by atoms with E-state index in [2.05, 4.69) is 55.6 Å². The first-order chi connectivity index (χ1) is 15.5. The van der Waals surface area contributed by atoms with E-state index in [1.165, 1.54) is 10.8 Å². The zero-order valence-electron chi connectivity index (χ0n) is 19.4. The molecule has 0 radical (unpaired) electrons. The first-order valence-electron chi connectivity index (χ1n) is 11.5. The van der Waals surface area contributed by atoms with Crippen molar-refractivity contribution >= 4 is 22.6 Å². The van der Waals surface area contributed by atoms with E-state index < -0.39 is 6.04 Å². The van der Waals surface area contributed by atoms with Crippen LogP contribution in [0.1, 0.15) is 38.3 Å². The highest BCUT2D eigenvalue weighted by Crippen LogP contribution is 2.20. The van der Waals surface area contributed by atoms with Crippen LogP contribution in [0.3, 0.4) is 0 Å². The Hall–Kier alpha value is -3.14. The van der Waals surface area contributed by atoms with Crippen LogP contribution in [0.2, 0.25) is 0 Å². The molecule has 2 amide bonds. The molecule has 168 valence electrons. The van der Waals surface area contributed by atoms with Crippen molar-refractivity contribution < 1.29 is 9.59 Å². The lowest BCUT2D eigenvalue weighted by Gasteiger charge is -2.29. The molecule has 0 unspecified atom stereocenters. The Morgan fingerprint density at radius 3 is 2.28 bits per heavy atom. The third-order valence-electron chi connectivity index (χ3n) is 5.82. The van der Waals surface area contributed by atoms with Crippen molar-refractivity contribution in [3.05, 3.63) is 83.9 Å². The van der Waals surface area contributed by atoms with Gasteiger partial charge in [0.25, 0.3) is 0 Å². The summed E-state index contributed by atoms with van der Waals surface area (Å²) in [7, 11) is 0. The highest BCUT2D eigenvalue weighted by molar-refractivity contribution is 5.88. The molecule has 3 aromatic rings. The highest BCUT2D eigenvalue weighted by atomic mass is 16.2. The minimum Gasteiger partial charge on any atom is -0.354 e. The Labute approximate surface area is 191 Å². The number of nitrogens with one attached hydrogen (secondary N) is 1. The molecule has 0 bridgehead atoms. The van der Waals surface area contributed by atoms with E-state index in [0.29, 0.717) is 31.8 Å². The molecule has 32 heavy (non-hydrogen) atoms. The quantitative estimate of drug-likeness (QED) is 0.492. The molecule has 0 saturated heterocycles. The van der Waals surface area contributed by atoms with Gasteiger partial charge in [-0.15, -0.1) is 0 Å². The summed E-state index contributed by atoms with van der Waals surface area (Å²) in [5.74, 6) is 0.289. The predicted molar refractivity (Wildman–Crippen MR) is 131 cm³/mol. The lowest BCUT2D eigenvalue weighted by Crippen LogP contribution is -2.49. The summed E-state index contributed by atoms with van der Waals surface area (Å²) < 4.78 is 0. The van der Waals surface area contributed by atoms with E-state index >= 15 is 0 Å². The van der Waals surface area contributed by atoms with Crippen LogP contribution in [0.5, 0.6) is 0 Å². The van der Waals surface area contributed by atoms with E-state index in [4.69, 9.17) is 0 Å². The lowest BCUT2D eigenvalue weighted by atomic mass is 10.0. The van der Waals surface area contributed by atoms with Crippen LogP contribution in [0, 0.1) is 5.92 Å². The Morgan fingerprint density at radius 2 is 1.53 bits per heavy atom. The number of carbonyl (C=O) groups is 2. The summed E-state index contributed by atoms with van der Waals surface area (Å²) in [5, 5.41) is 5.34. The van der Waals surface area contributed by atoms with Gasteiger partial charge in [0, 0.05) is 19.5 Å². The highest BCUT2D eigenvalue weighted by Gasteiger charge is 2.25. The molecule has 1 atom stereocenters. The molecule has 4 nitrogen and oxygen atoms in total. The van der Waals surface area contributed by atoms with Gasteiger partial charge in [-0.2, -0.15) is 0 Å². The SMILES string of the molecule is CC(C)CNC(=O)[C@@H](C)N(CCc1ccccc1)C(=O)CCc1cccc2ccccc12. The van der Waals surface area contributed by atoms with Crippen LogP contribution >= 0.6 is 0 Å². The van der Waals surface area contributed by atoms with E-state index in [9.17, 15) is 9.59 Å². The van der Waals surface area contributed by atoms with Gasteiger partial charge in [0.2, 0.25) is 11.8 Å². The maximum Gasteiger partial charge on any atom is 0.242 e. The summed E-state index contributed by atoms with van der Waals surface area (Å²) >= 11 is 0. The summed E-state index contributed by atoms with van der Waals surface area (Å²) in [5.41, 5.74) is 2.32. The maximum absolute atomic E-state index is 13.3. The van der Waals surface area contributed by atoms with Gasteiger partial charge in [-0.1, -0.05) is 86.6 Å². The number of rotatable bonds is 10. The Balaban J connectivity index is 1.71. The second-order valence-corrected chi connectivity index (χ2v) is 8.78. The lowest BCUT2D eigenvalue weighted by molar-refractivity contribution is -0.139. The zero-order chi connectivity index (χ0) is 22.9. The molecule has 0 saturated carbocycles. The minimum atomic E-state index is -0.502. The fraction of sp³-hybridized carbons (Fsp3) is 0.357. The monoisotopic (exact) mass is 430 g/mol. The van der Waals surface area contributed by atoms with Crippen LogP contribution in [0.4, 0.5) is 0 Å². The number of nitrogens with zero attached hydrogens (tertiary/aromatic N) is 1. The van der Waals surface area contributed by atoms with Gasteiger partial charge in [0.15, 0.2) is 0 Å². The molecule has 0 fully saturated rings. The molecular formula is C28H34N2O2. The molecule has 3 rings (SSSR count). The largest absolute Gasteiger partial charge is 0.354 e. The number of benzene rings is 3. The first kappa shape index (κ1) is 23.5. The number of fused-ring (bicyclic) bond motifs is 1. The van der Waals surface area contributed by atoms with E-state index in [1.807, 2.05) is 43.3 Å². The van der Waals surface area contributed by atoms with E-state index in [0.717, 1.165) is 17.5 Å². The Kier molecular flexibility index (Phi) is 8.43. The Morgan fingerprint density at radius 1 is 0.844 bits per heavy atom. The minimum absolute atomic E-state index is 0.0149. The van der Waals surface area contributed by atoms with Crippen molar-refractivity contribution in [1.29, 1.82) is 0 Å². The fourth-order valence-electron chi connectivity index (χ4n) is 3.92. The van der Waals surface area contributed by atoms with Gasteiger partial charge in [-0.25, -0.2) is 0 Å². The molecule has 0 aliphatic heterocycles. The van der Waals surface area contributed by atoms with Gasteiger partial charge in [-0.3, -0.25) is 9.59 Å². The summed E-state index contributed by atoms with van der Waals surface area (Å²) in [4.78, 5) is 27.8. The molecule has 3 aromatic carbocycles. The number of hydrogen-bond acceptors (Lipinski definition) is 2. The summed E-state index contributed by atoms with van der Waals surface area (Å²) in [6, 6.07) is 24.1. The van der Waals surface area contributed by atoms with Crippen LogP contribution < -0.4 is 5.32 Å².